The number of thiazole rings is 2. The molecule has 1 fully saturated rings. The van der Waals surface area contributed by atoms with E-state index in [-0.39, 0.29) is 12.6 Å². The lowest BCUT2D eigenvalue weighted by atomic mass is 10.1. The third-order valence-electron chi connectivity index (χ3n) is 6.63. The molecule has 1 atom stereocenters. The van der Waals surface area contributed by atoms with Crippen LogP contribution < -0.4 is 0 Å². The first-order chi connectivity index (χ1) is 20.3. The first kappa shape index (κ1) is 34.5. The molecule has 42 heavy (non-hydrogen) atoms. The number of nitrogens with zero attached hydrogens (tertiary/aromatic N) is 2. The fourth-order valence-corrected chi connectivity index (χ4v) is 7.48. The summed E-state index contributed by atoms with van der Waals surface area (Å²) in [5.74, 6) is -0.145. The molecule has 0 aliphatic carbocycles. The van der Waals surface area contributed by atoms with Crippen LogP contribution in [0.2, 0.25) is 0 Å². The Balaban J connectivity index is 0.000000193. The van der Waals surface area contributed by atoms with Gasteiger partial charge in [-0.05, 0) is 113 Å². The largest absolute Gasteiger partial charge is 0.469 e. The van der Waals surface area contributed by atoms with Gasteiger partial charge in [0.15, 0.2) is 0 Å². The fourth-order valence-electron chi connectivity index (χ4n) is 4.29. The molecule has 1 saturated heterocycles. The van der Waals surface area contributed by atoms with Crippen molar-refractivity contribution in [3.8, 4) is 0 Å². The first-order valence-corrected chi connectivity index (χ1v) is 18.1. The van der Waals surface area contributed by atoms with Gasteiger partial charge >= 0.3 is 5.97 Å². The normalized spacial score (nSPS) is 14.2. The van der Waals surface area contributed by atoms with Crippen LogP contribution in [0.4, 0.5) is 0 Å². The molecular formula is C32H44N2O4S4. The summed E-state index contributed by atoms with van der Waals surface area (Å²) in [7, 11) is 1.43. The molecule has 1 aliphatic heterocycles. The number of esters is 1. The molecule has 230 valence electrons. The second kappa shape index (κ2) is 19.4. The summed E-state index contributed by atoms with van der Waals surface area (Å²) in [5, 5.41) is 19.7. The van der Waals surface area contributed by atoms with E-state index in [1.54, 1.807) is 45.3 Å². The quantitative estimate of drug-likeness (QED) is 0.158. The molecule has 1 unspecified atom stereocenters. The van der Waals surface area contributed by atoms with Crippen molar-refractivity contribution in [3.05, 3.63) is 75.9 Å². The molecule has 0 spiro atoms. The van der Waals surface area contributed by atoms with E-state index in [0.717, 1.165) is 61.6 Å². The van der Waals surface area contributed by atoms with Crippen molar-refractivity contribution in [1.29, 1.82) is 0 Å². The molecule has 0 saturated carbocycles. The number of aryl methyl sites for hydroxylation is 8. The zero-order valence-corrected chi connectivity index (χ0v) is 28.5. The molecule has 4 aromatic heterocycles. The highest BCUT2D eigenvalue weighted by molar-refractivity contribution is 7.10. The number of ether oxygens (including phenoxy) is 2. The van der Waals surface area contributed by atoms with E-state index in [0.29, 0.717) is 12.5 Å². The fraction of sp³-hybridized carbons (Fsp3) is 0.531. The van der Waals surface area contributed by atoms with Crippen molar-refractivity contribution < 1.29 is 19.4 Å². The Bertz CT molecular complexity index is 1300. The molecule has 10 heteroatoms. The average Bonchev–Trinajstić information content (AvgIpc) is 3.82. The number of carbonyl (C=O) groups excluding carboxylic acids is 1. The van der Waals surface area contributed by atoms with Crippen LogP contribution in [0, 0.1) is 13.8 Å². The van der Waals surface area contributed by atoms with E-state index >= 15 is 0 Å². The van der Waals surface area contributed by atoms with Crippen molar-refractivity contribution in [1.82, 2.24) is 9.97 Å². The van der Waals surface area contributed by atoms with Crippen LogP contribution in [0.1, 0.15) is 74.9 Å². The SMILES string of the molecule is CC1CCCO1.COC(=O)CCc1cc(CCc2csc(C)n2)cs1.Cc1nc(CCc2csc(CCCO)c2)cs1. The predicted molar refractivity (Wildman–Crippen MR) is 178 cm³/mol. The van der Waals surface area contributed by atoms with Crippen LogP contribution in [0.15, 0.2) is 33.7 Å². The van der Waals surface area contributed by atoms with Gasteiger partial charge in [-0.3, -0.25) is 4.79 Å². The van der Waals surface area contributed by atoms with E-state index in [4.69, 9.17) is 9.84 Å². The monoisotopic (exact) mass is 648 g/mol. The van der Waals surface area contributed by atoms with Gasteiger partial charge in [-0.15, -0.1) is 45.3 Å². The van der Waals surface area contributed by atoms with E-state index < -0.39 is 0 Å². The number of hydrogen-bond acceptors (Lipinski definition) is 10. The van der Waals surface area contributed by atoms with Crippen molar-refractivity contribution in [2.24, 2.45) is 0 Å². The molecule has 1 aliphatic rings. The lowest BCUT2D eigenvalue weighted by Crippen LogP contribution is -2.00. The van der Waals surface area contributed by atoms with E-state index in [1.165, 1.54) is 52.2 Å². The van der Waals surface area contributed by atoms with Gasteiger partial charge in [0.1, 0.15) is 0 Å². The second-order valence-corrected chi connectivity index (χ2v) is 14.4. The number of aliphatic hydroxyl groups excluding tert-OH is 1. The molecule has 0 aromatic carbocycles. The highest BCUT2D eigenvalue weighted by Gasteiger charge is 2.08. The molecule has 6 nitrogen and oxygen atoms in total. The zero-order chi connectivity index (χ0) is 30.2. The van der Waals surface area contributed by atoms with E-state index in [1.807, 2.05) is 13.8 Å². The molecule has 5 rings (SSSR count). The lowest BCUT2D eigenvalue weighted by molar-refractivity contribution is -0.140. The van der Waals surface area contributed by atoms with Gasteiger partial charge in [-0.2, -0.15) is 0 Å². The Hall–Kier alpha value is -1.95. The summed E-state index contributed by atoms with van der Waals surface area (Å²) in [6.45, 7) is 7.47. The number of aliphatic hydroxyl groups is 1. The number of carbonyl (C=O) groups is 1. The van der Waals surface area contributed by atoms with Gasteiger partial charge < -0.3 is 14.6 Å². The summed E-state index contributed by atoms with van der Waals surface area (Å²) in [6.07, 6.45) is 10.3. The Morgan fingerprint density at radius 1 is 0.881 bits per heavy atom. The maximum Gasteiger partial charge on any atom is 0.305 e. The van der Waals surface area contributed by atoms with E-state index in [2.05, 4.69) is 55.3 Å². The van der Waals surface area contributed by atoms with Gasteiger partial charge in [0.2, 0.25) is 0 Å². The summed E-state index contributed by atoms with van der Waals surface area (Å²) in [5.41, 5.74) is 5.10. The maximum atomic E-state index is 11.1. The standard InChI is InChI=1S/C14H17NO2S2.C13H17NOS2.C5H10O/c1-10-15-12(9-18-10)4-3-11-7-13(19-8-11)5-6-14(16)17-2;1-10-14-12(9-16-10)5-4-11-7-13(17-8-11)3-2-6-15;1-5-3-2-4-6-5/h7-9H,3-6H2,1-2H3;7-9,15H,2-6H2,1H3;5H,2-4H2,1H3. The Kier molecular flexibility index (Phi) is 15.9. The Labute approximate surface area is 266 Å². The minimum absolute atomic E-state index is 0.145. The molecule has 5 heterocycles. The van der Waals surface area contributed by atoms with Crippen molar-refractivity contribution in [2.75, 3.05) is 20.3 Å². The maximum absolute atomic E-state index is 11.1. The van der Waals surface area contributed by atoms with Crippen LogP contribution in [-0.2, 0) is 52.8 Å². The van der Waals surface area contributed by atoms with Gasteiger partial charge in [0.05, 0.1) is 41.0 Å². The molecule has 0 amide bonds. The molecule has 1 N–H and O–H groups in total. The number of aromatic nitrogens is 2. The number of methoxy groups -OCH3 is 1. The third-order valence-corrected chi connectivity index (χ3v) is 10.4. The molecule has 4 aromatic rings. The summed E-state index contributed by atoms with van der Waals surface area (Å²) in [4.78, 5) is 22.6. The topological polar surface area (TPSA) is 81.5 Å². The van der Waals surface area contributed by atoms with Crippen LogP contribution in [0.3, 0.4) is 0 Å². The van der Waals surface area contributed by atoms with Crippen LogP contribution in [-0.4, -0.2) is 47.5 Å². The lowest BCUT2D eigenvalue weighted by Gasteiger charge is -1.96. The van der Waals surface area contributed by atoms with Gasteiger partial charge in [-0.1, -0.05) is 0 Å². The summed E-state index contributed by atoms with van der Waals surface area (Å²) >= 11 is 6.94. The Morgan fingerprint density at radius 2 is 1.45 bits per heavy atom. The highest BCUT2D eigenvalue weighted by atomic mass is 32.1. The van der Waals surface area contributed by atoms with Crippen LogP contribution in [0.25, 0.3) is 0 Å². The molecule has 0 radical (unpaired) electrons. The minimum Gasteiger partial charge on any atom is -0.469 e. The van der Waals surface area contributed by atoms with E-state index in [9.17, 15) is 4.79 Å². The van der Waals surface area contributed by atoms with Crippen molar-refractivity contribution in [2.45, 2.75) is 91.1 Å². The molecule has 0 bridgehead atoms. The smallest absolute Gasteiger partial charge is 0.305 e. The Morgan fingerprint density at radius 3 is 1.86 bits per heavy atom. The van der Waals surface area contributed by atoms with Gasteiger partial charge in [0.25, 0.3) is 0 Å². The number of thiophene rings is 2. The van der Waals surface area contributed by atoms with Crippen LogP contribution >= 0.6 is 45.3 Å². The van der Waals surface area contributed by atoms with Crippen LogP contribution in [0.5, 0.6) is 0 Å². The highest BCUT2D eigenvalue weighted by Crippen LogP contribution is 2.20. The zero-order valence-electron chi connectivity index (χ0n) is 25.2. The third kappa shape index (κ3) is 13.6. The molecular weight excluding hydrogens is 605 g/mol. The van der Waals surface area contributed by atoms with Gasteiger partial charge in [-0.25, -0.2) is 9.97 Å². The predicted octanol–water partition coefficient (Wildman–Crippen LogP) is 7.81. The summed E-state index contributed by atoms with van der Waals surface area (Å²) < 4.78 is 9.80. The minimum atomic E-state index is -0.145. The number of hydrogen-bond donors (Lipinski definition) is 1. The average molecular weight is 649 g/mol. The number of rotatable bonds is 12. The second-order valence-electron chi connectivity index (χ2n) is 10.3. The summed E-state index contributed by atoms with van der Waals surface area (Å²) in [6, 6.07) is 4.45. The van der Waals surface area contributed by atoms with Crippen molar-refractivity contribution >= 4 is 51.3 Å². The van der Waals surface area contributed by atoms with Gasteiger partial charge in [0, 0.05) is 33.7 Å². The van der Waals surface area contributed by atoms with Crippen molar-refractivity contribution in [3.63, 3.8) is 0 Å². The first-order valence-electron chi connectivity index (χ1n) is 14.6.